The van der Waals surface area contributed by atoms with Crippen LogP contribution in [0.4, 0.5) is 0 Å². The molecule has 1 unspecified atom stereocenters. The fourth-order valence-corrected chi connectivity index (χ4v) is 3.49. The molecule has 0 saturated heterocycles. The average molecular weight is 476 g/mol. The zero-order chi connectivity index (χ0) is 23.7. The molecule has 0 heterocycles. The van der Waals surface area contributed by atoms with E-state index < -0.39 is 19.0 Å². The molecule has 0 aliphatic carbocycles. The average Bonchev–Trinajstić information content (AvgIpc) is 2.73. The number of hydrogen-bond acceptors (Lipinski definition) is 8. The minimum absolute atomic E-state index is 0. The number of phosphoric acid groups is 1. The molecular formula is C23H29N2O7P. The summed E-state index contributed by atoms with van der Waals surface area (Å²) in [6.07, 6.45) is -1.43. The molecule has 0 aliphatic heterocycles. The van der Waals surface area contributed by atoms with Crippen LogP contribution in [0, 0.1) is 30.9 Å². The number of aryl methyl sites for hydroxylation is 3. The van der Waals surface area contributed by atoms with Crippen LogP contribution in [0.3, 0.4) is 0 Å². The van der Waals surface area contributed by atoms with E-state index in [-0.39, 0.29) is 6.15 Å². The maximum Gasteiger partial charge on any atom is 0.647 e. The van der Waals surface area contributed by atoms with Gasteiger partial charge in [0.05, 0.1) is 4.92 Å². The molecule has 0 spiro atoms. The van der Waals surface area contributed by atoms with Crippen molar-refractivity contribution in [1.29, 1.82) is 0 Å². The van der Waals surface area contributed by atoms with Gasteiger partial charge >= 0.3 is 14.1 Å². The third-order valence-electron chi connectivity index (χ3n) is 4.02. The number of hydrogen-bond donors (Lipinski definition) is 2. The van der Waals surface area contributed by atoms with Crippen molar-refractivity contribution < 1.29 is 28.2 Å². The highest BCUT2D eigenvalue weighted by molar-refractivity contribution is 7.49. The highest BCUT2D eigenvalue weighted by atomic mass is 31.2. The normalized spacial score (nSPS) is 11.2. The van der Waals surface area contributed by atoms with Gasteiger partial charge in [-0.1, -0.05) is 53.1 Å². The highest BCUT2D eigenvalue weighted by Crippen LogP contribution is 2.49. The number of nitrogens with zero attached hydrogens (tertiary/aromatic N) is 1. The summed E-state index contributed by atoms with van der Waals surface area (Å²) in [4.78, 5) is 8.48. The topological polar surface area (TPSA) is 143 Å². The summed E-state index contributed by atoms with van der Waals surface area (Å²) in [6.45, 7) is 7.00. The Labute approximate surface area is 193 Å². The molecule has 0 amide bonds. The number of benzene rings is 3. The van der Waals surface area contributed by atoms with E-state index in [0.29, 0.717) is 17.2 Å². The number of rotatable bonds is 7. The minimum atomic E-state index is -3.93. The standard InChI is InChI=1S/C21H21O4P.C2H5NO3.H3N/c1-16-4-10-19(11-5-16)23-26(22,24-20-12-6-17(2)7-13-20)25-21-14-8-18(3)9-15-21;1-2(4)3(5)6;/h4-15H,1-3H3;2,4H,1H3;1H3. The number of aliphatic hydroxyl groups excluding tert-OH is 1. The van der Waals surface area contributed by atoms with Gasteiger partial charge in [0.1, 0.15) is 17.2 Å². The molecule has 0 aromatic heterocycles. The predicted molar refractivity (Wildman–Crippen MR) is 127 cm³/mol. The van der Waals surface area contributed by atoms with Crippen molar-refractivity contribution >= 4 is 7.82 Å². The molecule has 0 saturated carbocycles. The van der Waals surface area contributed by atoms with E-state index >= 15 is 0 Å². The summed E-state index contributed by atoms with van der Waals surface area (Å²) in [5.74, 6) is 1.24. The summed E-state index contributed by atoms with van der Waals surface area (Å²) in [5.41, 5.74) is 3.23. The molecule has 3 aromatic carbocycles. The first-order valence-electron chi connectivity index (χ1n) is 9.77. The van der Waals surface area contributed by atoms with Crippen molar-refractivity contribution in [3.63, 3.8) is 0 Å². The Hall–Kier alpha value is -3.39. The van der Waals surface area contributed by atoms with Crippen molar-refractivity contribution in [3.05, 3.63) is 99.6 Å². The van der Waals surface area contributed by atoms with Gasteiger partial charge in [-0.2, -0.15) is 4.57 Å². The molecule has 0 radical (unpaired) electrons. The third-order valence-corrected chi connectivity index (χ3v) is 5.32. The number of aliphatic hydroxyl groups is 1. The zero-order valence-corrected chi connectivity index (χ0v) is 19.9. The van der Waals surface area contributed by atoms with E-state index in [0.717, 1.165) is 23.6 Å². The molecule has 33 heavy (non-hydrogen) atoms. The summed E-state index contributed by atoms with van der Waals surface area (Å²) >= 11 is 0. The van der Waals surface area contributed by atoms with Crippen LogP contribution in [0.5, 0.6) is 17.2 Å². The molecule has 3 aromatic rings. The maximum absolute atomic E-state index is 13.3. The van der Waals surface area contributed by atoms with Crippen molar-refractivity contribution in [2.75, 3.05) is 0 Å². The summed E-state index contributed by atoms with van der Waals surface area (Å²) in [5, 5.41) is 17.2. The van der Waals surface area contributed by atoms with Crippen LogP contribution in [-0.4, -0.2) is 16.3 Å². The Morgan fingerprint density at radius 3 is 1.12 bits per heavy atom. The summed E-state index contributed by atoms with van der Waals surface area (Å²) < 4.78 is 30.2. The van der Waals surface area contributed by atoms with E-state index in [1.807, 2.05) is 57.2 Å². The van der Waals surface area contributed by atoms with Crippen LogP contribution >= 0.6 is 7.82 Å². The first kappa shape index (κ1) is 27.6. The van der Waals surface area contributed by atoms with E-state index in [2.05, 4.69) is 0 Å². The molecule has 9 nitrogen and oxygen atoms in total. The van der Waals surface area contributed by atoms with E-state index in [1.54, 1.807) is 36.4 Å². The third kappa shape index (κ3) is 9.74. The van der Waals surface area contributed by atoms with E-state index in [4.69, 9.17) is 18.7 Å². The van der Waals surface area contributed by atoms with Gasteiger partial charge in [-0.25, -0.2) is 0 Å². The second-order valence-electron chi connectivity index (χ2n) is 7.08. The molecule has 10 heteroatoms. The molecule has 4 N–H and O–H groups in total. The van der Waals surface area contributed by atoms with Crippen LogP contribution in [0.25, 0.3) is 0 Å². The van der Waals surface area contributed by atoms with Crippen molar-refractivity contribution in [2.24, 2.45) is 0 Å². The Kier molecular flexibility index (Phi) is 10.6. The quantitative estimate of drug-likeness (QED) is 0.182. The van der Waals surface area contributed by atoms with Crippen LogP contribution < -0.4 is 19.7 Å². The molecular weight excluding hydrogens is 447 g/mol. The lowest BCUT2D eigenvalue weighted by Gasteiger charge is -2.19. The van der Waals surface area contributed by atoms with Crippen molar-refractivity contribution in [1.82, 2.24) is 6.15 Å². The van der Waals surface area contributed by atoms with Gasteiger partial charge in [-0.15, -0.1) is 0 Å². The Morgan fingerprint density at radius 2 is 0.939 bits per heavy atom. The number of phosphoric ester groups is 1. The van der Waals surface area contributed by atoms with Gasteiger partial charge in [0, 0.05) is 6.92 Å². The Bertz CT molecular complexity index is 931. The van der Waals surface area contributed by atoms with E-state index in [9.17, 15) is 14.7 Å². The van der Waals surface area contributed by atoms with Crippen LogP contribution in [-0.2, 0) is 4.57 Å². The lowest BCUT2D eigenvalue weighted by Crippen LogP contribution is -2.12. The SMILES string of the molecule is CC(O)[N+](=O)[O-].Cc1ccc(OP(=O)(Oc2ccc(C)cc2)Oc2ccc(C)cc2)cc1.N. The Morgan fingerprint density at radius 1 is 0.727 bits per heavy atom. The Balaban J connectivity index is 0.000000691. The lowest BCUT2D eigenvalue weighted by atomic mass is 10.2. The predicted octanol–water partition coefficient (Wildman–Crippen LogP) is 6.02. The van der Waals surface area contributed by atoms with Gasteiger partial charge in [-0.3, -0.25) is 10.1 Å². The van der Waals surface area contributed by atoms with Gasteiger partial charge in [0.2, 0.25) is 0 Å². The molecule has 0 aliphatic rings. The van der Waals surface area contributed by atoms with E-state index in [1.165, 1.54) is 0 Å². The van der Waals surface area contributed by atoms with Gasteiger partial charge < -0.3 is 24.8 Å². The smallest absolute Gasteiger partial charge is 0.386 e. The second kappa shape index (κ2) is 12.6. The first-order valence-corrected chi connectivity index (χ1v) is 11.2. The second-order valence-corrected chi connectivity index (χ2v) is 8.52. The molecule has 3 rings (SSSR count). The monoisotopic (exact) mass is 476 g/mol. The van der Waals surface area contributed by atoms with Crippen molar-refractivity contribution in [2.45, 2.75) is 33.9 Å². The van der Waals surface area contributed by atoms with Crippen LogP contribution in [0.15, 0.2) is 72.8 Å². The number of nitro groups is 1. The molecule has 0 bridgehead atoms. The molecule has 0 fully saturated rings. The van der Waals surface area contributed by atoms with Gasteiger partial charge in [0.25, 0.3) is 0 Å². The first-order chi connectivity index (χ1) is 15.1. The fourth-order valence-electron chi connectivity index (χ4n) is 2.24. The molecule has 1 atom stereocenters. The largest absolute Gasteiger partial charge is 0.647 e. The van der Waals surface area contributed by atoms with Crippen LogP contribution in [0.2, 0.25) is 0 Å². The fraction of sp³-hybridized carbons (Fsp3) is 0.217. The maximum atomic E-state index is 13.3. The summed E-state index contributed by atoms with van der Waals surface area (Å²) in [7, 11) is -3.93. The lowest BCUT2D eigenvalue weighted by molar-refractivity contribution is -0.565. The van der Waals surface area contributed by atoms with Crippen molar-refractivity contribution in [3.8, 4) is 17.2 Å². The van der Waals surface area contributed by atoms with Gasteiger partial charge in [0.15, 0.2) is 0 Å². The minimum Gasteiger partial charge on any atom is -0.386 e. The zero-order valence-electron chi connectivity index (χ0n) is 19.0. The molecule has 178 valence electrons. The van der Waals surface area contributed by atoms with Crippen LogP contribution in [0.1, 0.15) is 23.6 Å². The van der Waals surface area contributed by atoms with Gasteiger partial charge in [-0.05, 0) is 57.2 Å². The highest BCUT2D eigenvalue weighted by Gasteiger charge is 2.33. The summed E-state index contributed by atoms with van der Waals surface area (Å²) in [6, 6.07) is 21.6.